The minimum absolute atomic E-state index is 0.526. The molecule has 4 nitrogen and oxygen atoms in total. The second kappa shape index (κ2) is 12.9. The summed E-state index contributed by atoms with van der Waals surface area (Å²) in [5.74, 6) is 1.83. The lowest BCUT2D eigenvalue weighted by molar-refractivity contribution is 0.770. The third-order valence-electron chi connectivity index (χ3n) is 11.4. The fourth-order valence-corrected chi connectivity index (χ4v) is 8.89. The second-order valence-corrected chi connectivity index (χ2v) is 14.4. The summed E-state index contributed by atoms with van der Waals surface area (Å²) < 4.78 is 2.22. The molecule has 0 fully saturated rings. The van der Waals surface area contributed by atoms with E-state index < -0.39 is 5.41 Å². The Labute approximate surface area is 325 Å². The van der Waals surface area contributed by atoms with E-state index in [0.717, 1.165) is 38.5 Å². The van der Waals surface area contributed by atoms with Gasteiger partial charge in [-0.25, -0.2) is 4.98 Å². The number of hydrogen-bond acceptors (Lipinski definition) is 3. The van der Waals surface area contributed by atoms with E-state index in [1.165, 1.54) is 38.9 Å². The van der Waals surface area contributed by atoms with Crippen LogP contribution in [0.3, 0.4) is 0 Å². The highest BCUT2D eigenvalue weighted by molar-refractivity contribution is 6.11. The Morgan fingerprint density at radius 2 is 0.804 bits per heavy atom. The van der Waals surface area contributed by atoms with Crippen LogP contribution in [-0.4, -0.2) is 19.5 Å². The summed E-state index contributed by atoms with van der Waals surface area (Å²) in [5, 5.41) is 2.27. The van der Waals surface area contributed by atoms with Gasteiger partial charge in [0.1, 0.15) is 0 Å². The molecular formula is C52H34N4. The minimum Gasteiger partial charge on any atom is -0.278 e. The minimum atomic E-state index is -0.526. The van der Waals surface area contributed by atoms with Gasteiger partial charge in [-0.15, -0.1) is 0 Å². The van der Waals surface area contributed by atoms with Crippen molar-refractivity contribution in [2.24, 2.45) is 0 Å². The van der Waals surface area contributed by atoms with E-state index in [9.17, 15) is 0 Å². The first-order chi connectivity index (χ1) is 27.8. The molecule has 0 radical (unpaired) electrons. The molecule has 8 aromatic carbocycles. The molecule has 0 atom stereocenters. The van der Waals surface area contributed by atoms with Gasteiger partial charge in [-0.05, 0) is 68.8 Å². The van der Waals surface area contributed by atoms with Gasteiger partial charge in [0.2, 0.25) is 5.95 Å². The molecular weight excluding hydrogens is 681 g/mol. The first kappa shape index (κ1) is 32.0. The fraction of sp³-hybridized carbons (Fsp3) is 0.0192. The van der Waals surface area contributed by atoms with Crippen molar-refractivity contribution in [2.45, 2.75) is 5.41 Å². The lowest BCUT2D eigenvalue weighted by Crippen LogP contribution is -2.28. The van der Waals surface area contributed by atoms with E-state index in [1.54, 1.807) is 0 Å². The van der Waals surface area contributed by atoms with Crippen LogP contribution in [0.15, 0.2) is 206 Å². The number of benzene rings is 8. The Bertz CT molecular complexity index is 2960. The van der Waals surface area contributed by atoms with Crippen LogP contribution in [-0.2, 0) is 5.41 Å². The number of aromatic nitrogens is 4. The van der Waals surface area contributed by atoms with Crippen molar-refractivity contribution in [3.8, 4) is 51.0 Å². The van der Waals surface area contributed by atoms with Crippen LogP contribution in [0.2, 0.25) is 0 Å². The average Bonchev–Trinajstić information content (AvgIpc) is 3.77. The molecule has 0 N–H and O–H groups in total. The maximum Gasteiger partial charge on any atom is 0.238 e. The fourth-order valence-electron chi connectivity index (χ4n) is 8.89. The van der Waals surface area contributed by atoms with Gasteiger partial charge >= 0.3 is 0 Å². The molecule has 0 saturated heterocycles. The SMILES string of the molecule is c1ccc(-c2ccc3c(c2)c2cc(C4(c5ccccc5)c5ccccc5-c5ccccc54)ccc2n3-c2nc(-c3ccccc3)nc(-c3ccccc3)n2)cc1. The maximum absolute atomic E-state index is 5.21. The molecule has 1 aliphatic rings. The molecule has 0 saturated carbocycles. The number of nitrogens with zero attached hydrogens (tertiary/aromatic N) is 4. The average molecular weight is 715 g/mol. The van der Waals surface area contributed by atoms with E-state index >= 15 is 0 Å². The molecule has 1 aliphatic carbocycles. The summed E-state index contributed by atoms with van der Waals surface area (Å²) in [5.41, 5.74) is 13.3. The molecule has 0 unspecified atom stereocenters. The standard InChI is InChI=1S/C52H34N4/c1-5-17-35(18-6-1)38-29-31-47-43(33-38)44-34-40(52(39-23-11-4-12-24-39)45-27-15-13-25-41(45)42-26-14-16-28-46(42)52)30-32-48(44)56(47)51-54-49(36-19-7-2-8-20-36)53-50(55-51)37-21-9-3-10-22-37/h1-34H. The van der Waals surface area contributed by atoms with Gasteiger partial charge in [0.25, 0.3) is 0 Å². The van der Waals surface area contributed by atoms with Crippen molar-refractivity contribution in [3.05, 3.63) is 229 Å². The highest BCUT2D eigenvalue weighted by Gasteiger charge is 2.46. The van der Waals surface area contributed by atoms with Gasteiger partial charge in [0.05, 0.1) is 16.4 Å². The molecule has 0 aliphatic heterocycles. The van der Waals surface area contributed by atoms with Crippen molar-refractivity contribution in [2.75, 3.05) is 0 Å². The zero-order valence-electron chi connectivity index (χ0n) is 30.4. The summed E-state index contributed by atoms with van der Waals surface area (Å²) in [6.45, 7) is 0. The van der Waals surface area contributed by atoms with Crippen molar-refractivity contribution < 1.29 is 0 Å². The van der Waals surface area contributed by atoms with Gasteiger partial charge in [-0.3, -0.25) is 4.57 Å². The number of rotatable bonds is 6. The van der Waals surface area contributed by atoms with Crippen molar-refractivity contribution in [1.82, 2.24) is 19.5 Å². The largest absolute Gasteiger partial charge is 0.278 e. The van der Waals surface area contributed by atoms with Crippen molar-refractivity contribution in [1.29, 1.82) is 0 Å². The molecule has 10 aromatic rings. The van der Waals surface area contributed by atoms with Crippen molar-refractivity contribution >= 4 is 21.8 Å². The van der Waals surface area contributed by atoms with Crippen LogP contribution in [0.4, 0.5) is 0 Å². The van der Waals surface area contributed by atoms with Crippen molar-refractivity contribution in [3.63, 3.8) is 0 Å². The van der Waals surface area contributed by atoms with Crippen LogP contribution in [0.1, 0.15) is 22.3 Å². The lowest BCUT2D eigenvalue weighted by Gasteiger charge is -2.34. The first-order valence-electron chi connectivity index (χ1n) is 19.0. The number of fused-ring (bicyclic) bond motifs is 6. The molecule has 262 valence electrons. The zero-order valence-corrected chi connectivity index (χ0v) is 30.4. The normalized spacial score (nSPS) is 12.8. The van der Waals surface area contributed by atoms with Crippen LogP contribution in [0.5, 0.6) is 0 Å². The summed E-state index contributed by atoms with van der Waals surface area (Å²) in [4.78, 5) is 15.4. The molecule has 11 rings (SSSR count). The summed E-state index contributed by atoms with van der Waals surface area (Å²) in [7, 11) is 0. The second-order valence-electron chi connectivity index (χ2n) is 14.4. The van der Waals surface area contributed by atoms with Gasteiger partial charge in [-0.2, -0.15) is 9.97 Å². The van der Waals surface area contributed by atoms with Crippen LogP contribution in [0.25, 0.3) is 72.8 Å². The Morgan fingerprint density at radius 1 is 0.339 bits per heavy atom. The van der Waals surface area contributed by atoms with Gasteiger partial charge in [-0.1, -0.05) is 182 Å². The Hall–Kier alpha value is -7.43. The van der Waals surface area contributed by atoms with Crippen LogP contribution >= 0.6 is 0 Å². The highest BCUT2D eigenvalue weighted by Crippen LogP contribution is 2.56. The summed E-state index contributed by atoms with van der Waals surface area (Å²) in [6.07, 6.45) is 0. The van der Waals surface area contributed by atoms with E-state index in [4.69, 9.17) is 15.0 Å². The Balaban J connectivity index is 1.23. The van der Waals surface area contributed by atoms with Gasteiger partial charge in [0.15, 0.2) is 11.6 Å². The van der Waals surface area contributed by atoms with Gasteiger partial charge < -0.3 is 0 Å². The summed E-state index contributed by atoms with van der Waals surface area (Å²) >= 11 is 0. The maximum atomic E-state index is 5.21. The van der Waals surface area contributed by atoms with E-state index in [0.29, 0.717) is 17.6 Å². The first-order valence-corrected chi connectivity index (χ1v) is 19.0. The molecule has 56 heavy (non-hydrogen) atoms. The lowest BCUT2D eigenvalue weighted by atomic mass is 9.67. The molecule has 0 spiro atoms. The quantitative estimate of drug-likeness (QED) is 0.172. The molecule has 0 amide bonds. The predicted octanol–water partition coefficient (Wildman–Crippen LogP) is 12.3. The van der Waals surface area contributed by atoms with Gasteiger partial charge in [0, 0.05) is 21.9 Å². The zero-order chi connectivity index (χ0) is 37.1. The van der Waals surface area contributed by atoms with Crippen LogP contribution in [0, 0.1) is 0 Å². The third kappa shape index (κ3) is 4.89. The third-order valence-corrected chi connectivity index (χ3v) is 11.4. The Morgan fingerprint density at radius 3 is 1.38 bits per heavy atom. The molecule has 2 aromatic heterocycles. The summed E-state index contributed by atoms with van der Waals surface area (Å²) in [6, 6.07) is 73.5. The number of hydrogen-bond donors (Lipinski definition) is 0. The predicted molar refractivity (Wildman–Crippen MR) is 228 cm³/mol. The smallest absolute Gasteiger partial charge is 0.238 e. The molecule has 4 heteroatoms. The molecule has 2 heterocycles. The topological polar surface area (TPSA) is 43.6 Å². The van der Waals surface area contributed by atoms with E-state index in [2.05, 4.69) is 174 Å². The van der Waals surface area contributed by atoms with Crippen LogP contribution < -0.4 is 0 Å². The van der Waals surface area contributed by atoms with E-state index in [1.807, 2.05) is 36.4 Å². The highest BCUT2D eigenvalue weighted by atomic mass is 15.2. The molecule has 0 bridgehead atoms. The Kier molecular flexibility index (Phi) is 7.36. The van der Waals surface area contributed by atoms with E-state index in [-0.39, 0.29) is 0 Å². The monoisotopic (exact) mass is 714 g/mol.